The van der Waals surface area contributed by atoms with Crippen molar-refractivity contribution in [2.75, 3.05) is 0 Å². The predicted molar refractivity (Wildman–Crippen MR) is 101 cm³/mol. The van der Waals surface area contributed by atoms with E-state index in [2.05, 4.69) is 9.97 Å². The largest absolute Gasteiger partial charge is 0.255 e. The average Bonchev–Trinajstić information content (AvgIpc) is 2.69. The topological polar surface area (TPSA) is 38.7 Å². The number of pyridine rings is 3. The fourth-order valence-corrected chi connectivity index (χ4v) is 2.97. The summed E-state index contributed by atoms with van der Waals surface area (Å²) in [6.45, 7) is 0. The Labute approximate surface area is 151 Å². The minimum Gasteiger partial charge on any atom is -0.255 e. The molecule has 0 saturated heterocycles. The minimum absolute atomic E-state index is 0.692. The fourth-order valence-electron chi connectivity index (χ4n) is 2.73. The van der Waals surface area contributed by atoms with Crippen molar-refractivity contribution in [2.24, 2.45) is 0 Å². The summed E-state index contributed by atoms with van der Waals surface area (Å²) in [5.74, 6) is 0. The third-order valence-electron chi connectivity index (χ3n) is 3.89. The van der Waals surface area contributed by atoms with E-state index in [0.717, 1.165) is 33.9 Å². The maximum atomic E-state index is 6.39. The standard InChI is InChI=1S/C21H14ClN3/c22-17-9-2-1-7-15(17)16-8-6-14-24-21(16)20-12-5-11-19(25-20)18-10-3-4-13-23-18/h1-14H. The summed E-state index contributed by atoms with van der Waals surface area (Å²) >= 11 is 6.39. The molecule has 0 radical (unpaired) electrons. The lowest BCUT2D eigenvalue weighted by atomic mass is 10.0. The summed E-state index contributed by atoms with van der Waals surface area (Å²) < 4.78 is 0. The minimum atomic E-state index is 0.692. The van der Waals surface area contributed by atoms with Crippen LogP contribution in [0.1, 0.15) is 0 Å². The second-order valence-electron chi connectivity index (χ2n) is 5.50. The summed E-state index contributed by atoms with van der Waals surface area (Å²) in [6, 6.07) is 23.3. The van der Waals surface area contributed by atoms with E-state index in [-0.39, 0.29) is 0 Å². The Morgan fingerprint density at radius 1 is 0.560 bits per heavy atom. The summed E-state index contributed by atoms with van der Waals surface area (Å²) in [4.78, 5) is 13.7. The highest BCUT2D eigenvalue weighted by atomic mass is 35.5. The van der Waals surface area contributed by atoms with Crippen molar-refractivity contribution in [3.05, 3.63) is 90.2 Å². The molecule has 0 aliphatic rings. The molecular formula is C21H14ClN3. The molecule has 0 unspecified atom stereocenters. The van der Waals surface area contributed by atoms with Gasteiger partial charge in [0.05, 0.1) is 22.8 Å². The molecule has 3 heterocycles. The van der Waals surface area contributed by atoms with E-state index in [9.17, 15) is 0 Å². The zero-order valence-corrected chi connectivity index (χ0v) is 14.1. The van der Waals surface area contributed by atoms with Crippen molar-refractivity contribution in [3.63, 3.8) is 0 Å². The molecule has 4 aromatic rings. The molecule has 0 aliphatic heterocycles. The number of hydrogen-bond donors (Lipinski definition) is 0. The van der Waals surface area contributed by atoms with Crippen LogP contribution in [0.5, 0.6) is 0 Å². The number of halogens is 1. The average molecular weight is 344 g/mol. The Morgan fingerprint density at radius 2 is 1.28 bits per heavy atom. The number of benzene rings is 1. The molecule has 0 spiro atoms. The van der Waals surface area contributed by atoms with Crippen LogP contribution in [0.2, 0.25) is 5.02 Å². The molecule has 0 atom stereocenters. The van der Waals surface area contributed by atoms with Crippen molar-refractivity contribution < 1.29 is 0 Å². The van der Waals surface area contributed by atoms with Crippen LogP contribution in [-0.4, -0.2) is 15.0 Å². The first kappa shape index (κ1) is 15.5. The molecule has 0 saturated carbocycles. The van der Waals surface area contributed by atoms with E-state index >= 15 is 0 Å². The Kier molecular flexibility index (Phi) is 4.23. The van der Waals surface area contributed by atoms with E-state index in [0.29, 0.717) is 5.02 Å². The highest BCUT2D eigenvalue weighted by Crippen LogP contribution is 2.34. The van der Waals surface area contributed by atoms with Gasteiger partial charge in [-0.25, -0.2) is 4.98 Å². The van der Waals surface area contributed by atoms with Crippen molar-refractivity contribution >= 4 is 11.6 Å². The molecule has 1 aromatic carbocycles. The summed E-state index contributed by atoms with van der Waals surface area (Å²) in [5, 5.41) is 0.692. The first-order valence-electron chi connectivity index (χ1n) is 7.92. The van der Waals surface area contributed by atoms with Crippen molar-refractivity contribution in [1.82, 2.24) is 15.0 Å². The van der Waals surface area contributed by atoms with Crippen LogP contribution in [0.25, 0.3) is 33.9 Å². The molecule has 0 N–H and O–H groups in total. The number of rotatable bonds is 3. The van der Waals surface area contributed by atoms with Gasteiger partial charge in [-0.2, -0.15) is 0 Å². The van der Waals surface area contributed by atoms with Crippen molar-refractivity contribution in [1.29, 1.82) is 0 Å². The molecule has 3 aromatic heterocycles. The van der Waals surface area contributed by atoms with Gasteiger partial charge in [-0.15, -0.1) is 0 Å². The van der Waals surface area contributed by atoms with Gasteiger partial charge in [0, 0.05) is 28.5 Å². The quantitative estimate of drug-likeness (QED) is 0.491. The molecule has 0 amide bonds. The lowest BCUT2D eigenvalue weighted by Gasteiger charge is -2.10. The van der Waals surface area contributed by atoms with Crippen LogP contribution in [0.3, 0.4) is 0 Å². The normalized spacial score (nSPS) is 10.6. The van der Waals surface area contributed by atoms with Gasteiger partial charge in [-0.3, -0.25) is 9.97 Å². The van der Waals surface area contributed by atoms with E-state index in [1.807, 2.05) is 72.8 Å². The lowest BCUT2D eigenvalue weighted by Crippen LogP contribution is -1.94. The first-order valence-corrected chi connectivity index (χ1v) is 8.29. The zero-order valence-electron chi connectivity index (χ0n) is 13.3. The summed E-state index contributed by atoms with van der Waals surface area (Å²) in [6.07, 6.45) is 3.53. The fraction of sp³-hybridized carbons (Fsp3) is 0. The van der Waals surface area contributed by atoms with Gasteiger partial charge in [0.15, 0.2) is 0 Å². The molecule has 0 fully saturated rings. The molecule has 4 heteroatoms. The van der Waals surface area contributed by atoms with Gasteiger partial charge < -0.3 is 0 Å². The Hall–Kier alpha value is -3.04. The van der Waals surface area contributed by atoms with Crippen LogP contribution >= 0.6 is 11.6 Å². The second kappa shape index (κ2) is 6.83. The Balaban J connectivity index is 1.86. The number of aromatic nitrogens is 3. The molecule has 3 nitrogen and oxygen atoms in total. The van der Waals surface area contributed by atoms with Crippen molar-refractivity contribution in [3.8, 4) is 33.9 Å². The highest BCUT2D eigenvalue weighted by molar-refractivity contribution is 6.33. The first-order chi connectivity index (χ1) is 12.3. The molecule has 0 bridgehead atoms. The molecule has 120 valence electrons. The maximum absolute atomic E-state index is 6.39. The zero-order chi connectivity index (χ0) is 17.1. The van der Waals surface area contributed by atoms with E-state index in [4.69, 9.17) is 16.6 Å². The highest BCUT2D eigenvalue weighted by Gasteiger charge is 2.13. The van der Waals surface area contributed by atoms with Gasteiger partial charge in [-0.1, -0.05) is 48.0 Å². The summed E-state index contributed by atoms with van der Waals surface area (Å²) in [7, 11) is 0. The lowest BCUT2D eigenvalue weighted by molar-refractivity contribution is 1.22. The second-order valence-corrected chi connectivity index (χ2v) is 5.91. The van der Waals surface area contributed by atoms with Crippen molar-refractivity contribution in [2.45, 2.75) is 0 Å². The Bertz CT molecular complexity index is 1020. The van der Waals surface area contributed by atoms with Crippen LogP contribution < -0.4 is 0 Å². The monoisotopic (exact) mass is 343 g/mol. The Morgan fingerprint density at radius 3 is 2.12 bits per heavy atom. The van der Waals surface area contributed by atoms with Gasteiger partial charge in [0.1, 0.15) is 0 Å². The van der Waals surface area contributed by atoms with E-state index in [1.54, 1.807) is 12.4 Å². The van der Waals surface area contributed by atoms with Gasteiger partial charge >= 0.3 is 0 Å². The molecule has 0 aliphatic carbocycles. The van der Waals surface area contributed by atoms with Gasteiger partial charge in [0.2, 0.25) is 0 Å². The third-order valence-corrected chi connectivity index (χ3v) is 4.22. The van der Waals surface area contributed by atoms with E-state index in [1.165, 1.54) is 0 Å². The van der Waals surface area contributed by atoms with Crippen LogP contribution in [0, 0.1) is 0 Å². The molecular weight excluding hydrogens is 330 g/mol. The predicted octanol–water partition coefficient (Wildman–Crippen LogP) is 5.53. The third kappa shape index (κ3) is 3.14. The number of hydrogen-bond acceptors (Lipinski definition) is 3. The molecule has 4 rings (SSSR count). The maximum Gasteiger partial charge on any atom is 0.0965 e. The van der Waals surface area contributed by atoms with E-state index < -0.39 is 0 Å². The number of nitrogens with zero attached hydrogens (tertiary/aromatic N) is 3. The van der Waals surface area contributed by atoms with Gasteiger partial charge in [0.25, 0.3) is 0 Å². The van der Waals surface area contributed by atoms with Crippen LogP contribution in [0.4, 0.5) is 0 Å². The van der Waals surface area contributed by atoms with Crippen LogP contribution in [-0.2, 0) is 0 Å². The van der Waals surface area contributed by atoms with Crippen LogP contribution in [0.15, 0.2) is 85.2 Å². The molecule has 25 heavy (non-hydrogen) atoms. The smallest absolute Gasteiger partial charge is 0.0965 e. The summed E-state index contributed by atoms with van der Waals surface area (Å²) in [5.41, 5.74) is 5.14. The van der Waals surface area contributed by atoms with Gasteiger partial charge in [-0.05, 0) is 36.4 Å². The SMILES string of the molecule is Clc1ccccc1-c1cccnc1-c1cccc(-c2ccccn2)n1.